The fourth-order valence-corrected chi connectivity index (χ4v) is 3.07. The van der Waals surface area contributed by atoms with Gasteiger partial charge in [0.1, 0.15) is 5.82 Å². The molecule has 0 spiro atoms. The van der Waals surface area contributed by atoms with Crippen LogP contribution in [0.4, 0.5) is 4.39 Å². The Morgan fingerprint density at radius 3 is 2.88 bits per heavy atom. The van der Waals surface area contributed by atoms with E-state index in [1.807, 2.05) is 18.2 Å². The molecule has 0 unspecified atom stereocenters. The van der Waals surface area contributed by atoms with Gasteiger partial charge in [-0.3, -0.25) is 4.79 Å². The number of hydrogen-bond acceptors (Lipinski definition) is 3. The molecule has 0 saturated heterocycles. The average molecular weight is 373 g/mol. The zero-order valence-electron chi connectivity index (χ0n) is 14.1. The van der Waals surface area contributed by atoms with E-state index < -0.39 is 5.82 Å². The highest BCUT2D eigenvalue weighted by atomic mass is 35.5. The van der Waals surface area contributed by atoms with Gasteiger partial charge in [0.25, 0.3) is 5.91 Å². The Morgan fingerprint density at radius 2 is 2.15 bits per heavy atom. The van der Waals surface area contributed by atoms with Crippen LogP contribution >= 0.6 is 11.6 Å². The Hall–Kier alpha value is -2.66. The van der Waals surface area contributed by atoms with Crippen molar-refractivity contribution in [1.29, 1.82) is 0 Å². The number of oxime groups is 1. The molecule has 1 aliphatic rings. The van der Waals surface area contributed by atoms with Gasteiger partial charge in [-0.15, -0.1) is 6.58 Å². The third-order valence-corrected chi connectivity index (χ3v) is 4.38. The topological polar surface area (TPSA) is 41.9 Å². The van der Waals surface area contributed by atoms with Crippen LogP contribution in [0.3, 0.4) is 0 Å². The maximum atomic E-state index is 13.4. The zero-order valence-corrected chi connectivity index (χ0v) is 14.8. The first kappa shape index (κ1) is 18.1. The smallest absolute Gasteiger partial charge is 0.254 e. The molecule has 2 aromatic rings. The van der Waals surface area contributed by atoms with Crippen molar-refractivity contribution < 1.29 is 14.0 Å². The molecule has 6 heteroatoms. The first-order chi connectivity index (χ1) is 12.6. The van der Waals surface area contributed by atoms with Gasteiger partial charge in [0.2, 0.25) is 0 Å². The van der Waals surface area contributed by atoms with Crippen molar-refractivity contribution in [3.63, 3.8) is 0 Å². The number of amides is 1. The van der Waals surface area contributed by atoms with Crippen LogP contribution in [-0.2, 0) is 4.84 Å². The van der Waals surface area contributed by atoms with Crippen LogP contribution in [0.25, 0.3) is 0 Å². The van der Waals surface area contributed by atoms with Gasteiger partial charge in [-0.1, -0.05) is 47.1 Å². The minimum atomic E-state index is -0.448. The summed E-state index contributed by atoms with van der Waals surface area (Å²) in [5.74, 6) is -0.727. The lowest BCUT2D eigenvalue weighted by atomic mass is 10.0. The number of benzene rings is 2. The molecule has 1 heterocycles. The van der Waals surface area contributed by atoms with Gasteiger partial charge >= 0.3 is 0 Å². The number of hydrogen-bond donors (Lipinski definition) is 0. The van der Waals surface area contributed by atoms with E-state index in [0.29, 0.717) is 24.5 Å². The summed E-state index contributed by atoms with van der Waals surface area (Å²) < 4.78 is 13.4. The molecule has 0 fully saturated rings. The first-order valence-corrected chi connectivity index (χ1v) is 8.59. The number of halogens is 2. The standard InChI is InChI=1S/C20H18ClFN2O2/c1-2-10-24(20(25)14-6-5-7-15(22)11-14)13-16-12-19(23-26-16)17-8-3-4-9-18(17)21/h2-9,11,16H,1,10,12-13H2/t16-/m0/s1. The molecule has 1 amide bonds. The monoisotopic (exact) mass is 372 g/mol. The fraction of sp³-hybridized carbons (Fsp3) is 0.200. The van der Waals surface area contributed by atoms with E-state index in [0.717, 1.165) is 11.3 Å². The Bertz CT molecular complexity index is 853. The Kier molecular flexibility index (Phi) is 5.68. The fourth-order valence-electron chi connectivity index (χ4n) is 2.83. The summed E-state index contributed by atoms with van der Waals surface area (Å²) >= 11 is 6.20. The molecular weight excluding hydrogens is 355 g/mol. The molecule has 0 saturated carbocycles. The summed E-state index contributed by atoms with van der Waals surface area (Å²) in [6, 6.07) is 13.0. The van der Waals surface area contributed by atoms with Crippen molar-refractivity contribution >= 4 is 23.2 Å². The van der Waals surface area contributed by atoms with Gasteiger partial charge in [0.05, 0.1) is 12.3 Å². The molecule has 1 aliphatic heterocycles. The largest absolute Gasteiger partial charge is 0.390 e. The molecule has 0 aliphatic carbocycles. The molecule has 134 valence electrons. The van der Waals surface area contributed by atoms with Gasteiger partial charge in [0.15, 0.2) is 6.10 Å². The molecule has 4 nitrogen and oxygen atoms in total. The van der Waals surface area contributed by atoms with E-state index in [1.54, 1.807) is 23.1 Å². The lowest BCUT2D eigenvalue weighted by Crippen LogP contribution is -2.37. The van der Waals surface area contributed by atoms with Gasteiger partial charge in [0, 0.05) is 29.1 Å². The van der Waals surface area contributed by atoms with Crippen molar-refractivity contribution in [2.75, 3.05) is 13.1 Å². The summed E-state index contributed by atoms with van der Waals surface area (Å²) in [5, 5.41) is 4.72. The van der Waals surface area contributed by atoms with Crippen molar-refractivity contribution in [2.45, 2.75) is 12.5 Å². The van der Waals surface area contributed by atoms with Crippen LogP contribution in [0.15, 0.2) is 66.3 Å². The van der Waals surface area contributed by atoms with Crippen LogP contribution in [0.5, 0.6) is 0 Å². The van der Waals surface area contributed by atoms with E-state index >= 15 is 0 Å². The average Bonchev–Trinajstić information content (AvgIpc) is 3.09. The Morgan fingerprint density at radius 1 is 1.35 bits per heavy atom. The molecular formula is C20H18ClFN2O2. The molecule has 0 bridgehead atoms. The van der Waals surface area contributed by atoms with Crippen molar-refractivity contribution in [1.82, 2.24) is 4.90 Å². The second-order valence-corrected chi connectivity index (χ2v) is 6.37. The highest BCUT2D eigenvalue weighted by Crippen LogP contribution is 2.23. The van der Waals surface area contributed by atoms with Gasteiger partial charge in [-0.2, -0.15) is 0 Å². The molecule has 0 radical (unpaired) electrons. The quantitative estimate of drug-likeness (QED) is 0.709. The minimum Gasteiger partial charge on any atom is -0.390 e. The Labute approximate surface area is 156 Å². The number of carbonyl (C=O) groups is 1. The second-order valence-electron chi connectivity index (χ2n) is 5.96. The van der Waals surface area contributed by atoms with Gasteiger partial charge in [-0.05, 0) is 24.3 Å². The summed E-state index contributed by atoms with van der Waals surface area (Å²) in [4.78, 5) is 19.7. The maximum Gasteiger partial charge on any atom is 0.254 e. The summed E-state index contributed by atoms with van der Waals surface area (Å²) in [7, 11) is 0. The first-order valence-electron chi connectivity index (χ1n) is 8.22. The lowest BCUT2D eigenvalue weighted by molar-refractivity contribution is 0.0449. The number of rotatable bonds is 6. The van der Waals surface area contributed by atoms with Crippen LogP contribution in [0.2, 0.25) is 5.02 Å². The predicted molar refractivity (Wildman–Crippen MR) is 100.0 cm³/mol. The third-order valence-electron chi connectivity index (χ3n) is 4.05. The van der Waals surface area contributed by atoms with E-state index in [-0.39, 0.29) is 17.6 Å². The third kappa shape index (κ3) is 4.11. The van der Waals surface area contributed by atoms with Crippen molar-refractivity contribution in [3.05, 3.63) is 83.2 Å². The van der Waals surface area contributed by atoms with Crippen LogP contribution in [0.1, 0.15) is 22.3 Å². The summed E-state index contributed by atoms with van der Waals surface area (Å²) in [6.45, 7) is 4.34. The van der Waals surface area contributed by atoms with Crippen LogP contribution in [0, 0.1) is 5.82 Å². The van der Waals surface area contributed by atoms with Crippen molar-refractivity contribution in [2.24, 2.45) is 5.16 Å². The zero-order chi connectivity index (χ0) is 18.5. The van der Waals surface area contributed by atoms with Crippen LogP contribution in [-0.4, -0.2) is 35.7 Å². The second kappa shape index (κ2) is 8.15. The van der Waals surface area contributed by atoms with E-state index in [1.165, 1.54) is 18.2 Å². The molecule has 3 rings (SSSR count). The lowest BCUT2D eigenvalue weighted by Gasteiger charge is -2.23. The molecule has 0 aromatic heterocycles. The molecule has 2 aromatic carbocycles. The van der Waals surface area contributed by atoms with E-state index in [9.17, 15) is 9.18 Å². The van der Waals surface area contributed by atoms with Gasteiger partial charge in [-0.25, -0.2) is 4.39 Å². The predicted octanol–water partition coefficient (Wildman–Crippen LogP) is 4.30. The molecule has 0 N–H and O–H groups in total. The molecule has 1 atom stereocenters. The summed E-state index contributed by atoms with van der Waals surface area (Å²) in [6.07, 6.45) is 1.87. The maximum absolute atomic E-state index is 13.4. The minimum absolute atomic E-state index is 0.279. The number of nitrogens with zero attached hydrogens (tertiary/aromatic N) is 2. The SMILES string of the molecule is C=CCN(C[C@@H]1CC(c2ccccc2Cl)=NO1)C(=O)c1cccc(F)c1. The van der Waals surface area contributed by atoms with E-state index in [4.69, 9.17) is 16.4 Å². The van der Waals surface area contributed by atoms with Crippen molar-refractivity contribution in [3.8, 4) is 0 Å². The summed E-state index contributed by atoms with van der Waals surface area (Å²) in [5.41, 5.74) is 1.86. The highest BCUT2D eigenvalue weighted by Gasteiger charge is 2.27. The van der Waals surface area contributed by atoms with Crippen LogP contribution < -0.4 is 0 Å². The Balaban J connectivity index is 1.69. The molecule has 26 heavy (non-hydrogen) atoms. The highest BCUT2D eigenvalue weighted by molar-refractivity contribution is 6.34. The normalized spacial score (nSPS) is 15.9. The van der Waals surface area contributed by atoms with Gasteiger partial charge < -0.3 is 9.74 Å². The van der Waals surface area contributed by atoms with E-state index in [2.05, 4.69) is 11.7 Å². The number of carbonyl (C=O) groups excluding carboxylic acids is 1.